The number of carbonyl (C=O) groups is 1. The summed E-state index contributed by atoms with van der Waals surface area (Å²) >= 11 is 0. The lowest BCUT2D eigenvalue weighted by Gasteiger charge is -2.06. The Balaban J connectivity index is 2.11. The number of amides is 1. The van der Waals surface area contributed by atoms with Gasteiger partial charge in [0, 0.05) is 18.4 Å². The fourth-order valence-electron chi connectivity index (χ4n) is 1.57. The Kier molecular flexibility index (Phi) is 4.16. The molecule has 20 heavy (non-hydrogen) atoms. The van der Waals surface area contributed by atoms with Gasteiger partial charge in [0.1, 0.15) is 5.69 Å². The molecular formula is C12H14N4O3S. The second-order valence-corrected chi connectivity index (χ2v) is 5.72. The fourth-order valence-corrected chi connectivity index (χ4v) is 2.61. The number of aromatic amines is 1. The van der Waals surface area contributed by atoms with Gasteiger partial charge in [-0.25, -0.2) is 13.1 Å². The molecule has 0 aliphatic heterocycles. The molecule has 1 amide bonds. The third-order valence-electron chi connectivity index (χ3n) is 2.50. The summed E-state index contributed by atoms with van der Waals surface area (Å²) < 4.78 is 25.9. The topological polar surface area (TPSA) is 104 Å². The van der Waals surface area contributed by atoms with Crippen LogP contribution in [0.4, 0.5) is 5.69 Å². The molecule has 106 valence electrons. The highest BCUT2D eigenvalue weighted by Gasteiger charge is 2.12. The van der Waals surface area contributed by atoms with Gasteiger partial charge < -0.3 is 5.32 Å². The SMILES string of the molecule is CCNS(=O)(=O)c1ccc(NC(=O)c2ccn[nH]2)cc1. The molecule has 0 aliphatic carbocycles. The number of aromatic nitrogens is 2. The second-order valence-electron chi connectivity index (χ2n) is 3.95. The average Bonchev–Trinajstić information content (AvgIpc) is 2.93. The fraction of sp³-hybridized carbons (Fsp3) is 0.167. The Hall–Kier alpha value is -2.19. The van der Waals surface area contributed by atoms with Gasteiger partial charge in [-0.05, 0) is 30.3 Å². The first-order valence-electron chi connectivity index (χ1n) is 5.93. The molecule has 7 nitrogen and oxygen atoms in total. The summed E-state index contributed by atoms with van der Waals surface area (Å²) in [5, 5.41) is 8.85. The molecule has 8 heteroatoms. The lowest BCUT2D eigenvalue weighted by Crippen LogP contribution is -2.23. The molecule has 0 atom stereocenters. The number of sulfonamides is 1. The molecule has 1 aromatic heterocycles. The number of nitrogens with zero attached hydrogens (tertiary/aromatic N) is 1. The van der Waals surface area contributed by atoms with E-state index in [9.17, 15) is 13.2 Å². The predicted octanol–water partition coefficient (Wildman–Crippen LogP) is 0.960. The minimum Gasteiger partial charge on any atom is -0.321 e. The zero-order valence-corrected chi connectivity index (χ0v) is 11.6. The number of nitrogens with one attached hydrogen (secondary N) is 3. The lowest BCUT2D eigenvalue weighted by molar-refractivity contribution is 0.102. The minimum absolute atomic E-state index is 0.152. The van der Waals surface area contributed by atoms with Crippen LogP contribution in [0.1, 0.15) is 17.4 Å². The lowest BCUT2D eigenvalue weighted by atomic mass is 10.3. The predicted molar refractivity (Wildman–Crippen MR) is 73.8 cm³/mol. The largest absolute Gasteiger partial charge is 0.321 e. The summed E-state index contributed by atoms with van der Waals surface area (Å²) in [6, 6.07) is 7.46. The average molecular weight is 294 g/mol. The van der Waals surface area contributed by atoms with Crippen molar-refractivity contribution in [3.05, 3.63) is 42.2 Å². The van der Waals surface area contributed by atoms with Gasteiger partial charge in [0.15, 0.2) is 0 Å². The number of hydrogen-bond acceptors (Lipinski definition) is 4. The first kappa shape index (κ1) is 14.2. The molecule has 0 saturated heterocycles. The molecule has 2 rings (SSSR count). The molecule has 1 aromatic carbocycles. The maximum atomic E-state index is 11.7. The zero-order valence-electron chi connectivity index (χ0n) is 10.8. The van der Waals surface area contributed by atoms with E-state index >= 15 is 0 Å². The van der Waals surface area contributed by atoms with Gasteiger partial charge in [0.25, 0.3) is 5.91 Å². The monoisotopic (exact) mass is 294 g/mol. The van der Waals surface area contributed by atoms with Crippen molar-refractivity contribution in [2.75, 3.05) is 11.9 Å². The third kappa shape index (κ3) is 3.22. The normalized spacial score (nSPS) is 11.2. The minimum atomic E-state index is -3.48. The van der Waals surface area contributed by atoms with Crippen LogP contribution >= 0.6 is 0 Å². The molecule has 0 fully saturated rings. The van der Waals surface area contributed by atoms with Crippen LogP contribution in [0.2, 0.25) is 0 Å². The van der Waals surface area contributed by atoms with E-state index in [-0.39, 0.29) is 10.8 Å². The van der Waals surface area contributed by atoms with E-state index in [2.05, 4.69) is 20.2 Å². The Morgan fingerprint density at radius 3 is 2.50 bits per heavy atom. The molecule has 2 aromatic rings. The number of anilines is 1. The van der Waals surface area contributed by atoms with Gasteiger partial charge in [0.2, 0.25) is 10.0 Å². The van der Waals surface area contributed by atoms with Crippen LogP contribution in [0, 0.1) is 0 Å². The van der Waals surface area contributed by atoms with Crippen molar-refractivity contribution in [3.8, 4) is 0 Å². The maximum absolute atomic E-state index is 11.7. The molecule has 0 bridgehead atoms. The summed E-state index contributed by atoms with van der Waals surface area (Å²) in [5.41, 5.74) is 0.828. The summed E-state index contributed by atoms with van der Waals surface area (Å²) in [6.45, 7) is 2.02. The summed E-state index contributed by atoms with van der Waals surface area (Å²) in [4.78, 5) is 11.9. The molecule has 0 unspecified atom stereocenters. The highest BCUT2D eigenvalue weighted by atomic mass is 32.2. The second kappa shape index (κ2) is 5.85. The molecule has 0 saturated carbocycles. The van der Waals surface area contributed by atoms with Crippen molar-refractivity contribution in [3.63, 3.8) is 0 Å². The number of hydrogen-bond donors (Lipinski definition) is 3. The van der Waals surface area contributed by atoms with Gasteiger partial charge in [0.05, 0.1) is 4.90 Å². The van der Waals surface area contributed by atoms with Crippen LogP contribution < -0.4 is 10.0 Å². The summed E-state index contributed by atoms with van der Waals surface area (Å²) in [5.74, 6) is -0.343. The first-order chi connectivity index (χ1) is 9.53. The van der Waals surface area contributed by atoms with E-state index in [1.54, 1.807) is 13.0 Å². The van der Waals surface area contributed by atoms with Crippen molar-refractivity contribution >= 4 is 21.6 Å². The zero-order chi connectivity index (χ0) is 14.6. The van der Waals surface area contributed by atoms with Gasteiger partial charge in [-0.3, -0.25) is 9.89 Å². The van der Waals surface area contributed by atoms with Crippen LogP contribution in [0.3, 0.4) is 0 Å². The van der Waals surface area contributed by atoms with E-state index < -0.39 is 10.0 Å². The van der Waals surface area contributed by atoms with Gasteiger partial charge in [-0.1, -0.05) is 6.92 Å². The van der Waals surface area contributed by atoms with Crippen LogP contribution in [-0.2, 0) is 10.0 Å². The highest BCUT2D eigenvalue weighted by Crippen LogP contribution is 2.14. The van der Waals surface area contributed by atoms with Gasteiger partial charge in [-0.15, -0.1) is 0 Å². The molecule has 0 aliphatic rings. The Morgan fingerprint density at radius 1 is 1.25 bits per heavy atom. The standard InChI is InChI=1S/C12H14N4O3S/c1-2-14-20(18,19)10-5-3-9(4-6-10)15-12(17)11-7-8-13-16-11/h3-8,14H,2H2,1H3,(H,13,16)(H,15,17). The summed E-state index contributed by atoms with van der Waals surface area (Å²) in [7, 11) is -3.48. The quantitative estimate of drug-likeness (QED) is 0.764. The van der Waals surface area contributed by atoms with Crippen molar-refractivity contribution in [1.29, 1.82) is 0 Å². The summed E-state index contributed by atoms with van der Waals surface area (Å²) in [6.07, 6.45) is 1.47. The number of benzene rings is 1. The van der Waals surface area contributed by atoms with Crippen LogP contribution in [0.25, 0.3) is 0 Å². The van der Waals surface area contributed by atoms with Gasteiger partial charge in [-0.2, -0.15) is 5.10 Å². The molecular weight excluding hydrogens is 280 g/mol. The Morgan fingerprint density at radius 2 is 1.95 bits per heavy atom. The molecule has 3 N–H and O–H groups in total. The van der Waals surface area contributed by atoms with E-state index in [0.29, 0.717) is 17.9 Å². The molecule has 1 heterocycles. The van der Waals surface area contributed by atoms with Crippen molar-refractivity contribution in [2.45, 2.75) is 11.8 Å². The van der Waals surface area contributed by atoms with Gasteiger partial charge >= 0.3 is 0 Å². The molecule has 0 radical (unpaired) electrons. The van der Waals surface area contributed by atoms with E-state index in [0.717, 1.165) is 0 Å². The van der Waals surface area contributed by atoms with Crippen molar-refractivity contribution < 1.29 is 13.2 Å². The van der Waals surface area contributed by atoms with Crippen LogP contribution in [-0.4, -0.2) is 31.1 Å². The van der Waals surface area contributed by atoms with Crippen LogP contribution in [0.15, 0.2) is 41.4 Å². The van der Waals surface area contributed by atoms with E-state index in [4.69, 9.17) is 0 Å². The Labute approximate surface area is 116 Å². The number of rotatable bonds is 5. The smallest absolute Gasteiger partial charge is 0.273 e. The first-order valence-corrected chi connectivity index (χ1v) is 7.41. The van der Waals surface area contributed by atoms with E-state index in [1.165, 1.54) is 30.5 Å². The van der Waals surface area contributed by atoms with Crippen LogP contribution in [0.5, 0.6) is 0 Å². The van der Waals surface area contributed by atoms with E-state index in [1.807, 2.05) is 0 Å². The number of carbonyl (C=O) groups excluding carboxylic acids is 1. The molecule has 0 spiro atoms. The maximum Gasteiger partial charge on any atom is 0.273 e. The Bertz CT molecular complexity index is 678. The third-order valence-corrected chi connectivity index (χ3v) is 4.06. The van der Waals surface area contributed by atoms with Crippen molar-refractivity contribution in [1.82, 2.24) is 14.9 Å². The number of H-pyrrole nitrogens is 1. The van der Waals surface area contributed by atoms with Crippen molar-refractivity contribution in [2.24, 2.45) is 0 Å². The highest BCUT2D eigenvalue weighted by molar-refractivity contribution is 7.89.